The molecule has 6 heteroatoms. The van der Waals surface area contributed by atoms with E-state index in [0.717, 1.165) is 50.7 Å². The zero-order chi connectivity index (χ0) is 26.4. The van der Waals surface area contributed by atoms with Crippen LogP contribution in [0.5, 0.6) is 0 Å². The third kappa shape index (κ3) is 13.8. The van der Waals surface area contributed by atoms with E-state index in [1.165, 1.54) is 28.5 Å². The molecule has 1 amide bonds. The van der Waals surface area contributed by atoms with Gasteiger partial charge in [-0.05, 0) is 90.4 Å². The molecule has 35 heavy (non-hydrogen) atoms. The summed E-state index contributed by atoms with van der Waals surface area (Å²) in [5.41, 5.74) is 4.09. The Bertz CT molecular complexity index is 752. The molecule has 1 aliphatic carbocycles. The van der Waals surface area contributed by atoms with E-state index >= 15 is 0 Å². The number of hydrogen-bond acceptors (Lipinski definition) is 4. The van der Waals surface area contributed by atoms with E-state index in [1.54, 1.807) is 0 Å². The Morgan fingerprint density at radius 1 is 1.03 bits per heavy atom. The quantitative estimate of drug-likeness (QED) is 0.185. The lowest BCUT2D eigenvalue weighted by atomic mass is 9.76. The van der Waals surface area contributed by atoms with Gasteiger partial charge in [-0.1, -0.05) is 55.7 Å². The van der Waals surface area contributed by atoms with Gasteiger partial charge in [0.1, 0.15) is 12.1 Å². The molecule has 0 aromatic heterocycles. The average Bonchev–Trinajstić information content (AvgIpc) is 2.76. The van der Waals surface area contributed by atoms with Crippen molar-refractivity contribution in [3.05, 3.63) is 34.9 Å². The predicted molar refractivity (Wildman–Crippen MR) is 149 cm³/mol. The van der Waals surface area contributed by atoms with Crippen LogP contribution in [0.15, 0.2) is 34.9 Å². The van der Waals surface area contributed by atoms with Gasteiger partial charge in [0.15, 0.2) is 0 Å². The van der Waals surface area contributed by atoms with Crippen LogP contribution in [0, 0.1) is 17.8 Å². The maximum absolute atomic E-state index is 12.4. The normalized spacial score (nSPS) is 22.0. The number of alkyl carbamates (subject to hydrolysis) is 1. The van der Waals surface area contributed by atoms with Crippen LogP contribution < -0.4 is 5.32 Å². The first-order chi connectivity index (χ1) is 16.5. The first kappa shape index (κ1) is 31.3. The number of aliphatic carboxylic acids is 1. The van der Waals surface area contributed by atoms with Crippen molar-refractivity contribution in [1.29, 1.82) is 0 Å². The molecule has 5 nitrogen and oxygen atoms in total. The Morgan fingerprint density at radius 3 is 2.26 bits per heavy atom. The smallest absolute Gasteiger partial charge is 0.408 e. The van der Waals surface area contributed by atoms with E-state index in [1.807, 2.05) is 0 Å². The number of hydrogen-bond donors (Lipinski definition) is 2. The fourth-order valence-electron chi connectivity index (χ4n) is 4.30. The van der Waals surface area contributed by atoms with E-state index in [4.69, 9.17) is 4.74 Å². The summed E-state index contributed by atoms with van der Waals surface area (Å²) in [7, 11) is 0. The topological polar surface area (TPSA) is 75.6 Å². The third-order valence-corrected chi connectivity index (χ3v) is 7.88. The zero-order valence-electron chi connectivity index (χ0n) is 23.1. The molecule has 200 valence electrons. The zero-order valence-corrected chi connectivity index (χ0v) is 23.9. The minimum atomic E-state index is -1.03. The van der Waals surface area contributed by atoms with E-state index in [0.29, 0.717) is 23.5 Å². The molecule has 1 aliphatic rings. The highest BCUT2D eigenvalue weighted by molar-refractivity contribution is 7.99. The molecule has 0 radical (unpaired) electrons. The highest BCUT2D eigenvalue weighted by Gasteiger charge is 2.32. The van der Waals surface area contributed by atoms with Gasteiger partial charge >= 0.3 is 12.1 Å². The van der Waals surface area contributed by atoms with Gasteiger partial charge in [-0.3, -0.25) is 0 Å². The molecule has 1 fully saturated rings. The van der Waals surface area contributed by atoms with E-state index in [9.17, 15) is 14.7 Å². The van der Waals surface area contributed by atoms with Gasteiger partial charge in [0.05, 0.1) is 0 Å². The van der Waals surface area contributed by atoms with E-state index in [-0.39, 0.29) is 6.10 Å². The molecule has 0 bridgehead atoms. The van der Waals surface area contributed by atoms with Crippen LogP contribution in [-0.4, -0.2) is 40.8 Å². The van der Waals surface area contributed by atoms with Gasteiger partial charge in [0.2, 0.25) is 0 Å². The first-order valence-electron chi connectivity index (χ1n) is 13.2. The molecule has 1 rings (SSSR count). The maximum Gasteiger partial charge on any atom is 0.408 e. The lowest BCUT2D eigenvalue weighted by molar-refractivity contribution is -0.138. The average molecular weight is 508 g/mol. The first-order valence-corrected chi connectivity index (χ1v) is 14.4. The molecule has 0 saturated heterocycles. The summed E-state index contributed by atoms with van der Waals surface area (Å²) in [6.45, 7) is 15.1. The minimum Gasteiger partial charge on any atom is -0.480 e. The van der Waals surface area contributed by atoms with Crippen molar-refractivity contribution in [1.82, 2.24) is 5.32 Å². The van der Waals surface area contributed by atoms with Gasteiger partial charge in [0, 0.05) is 11.5 Å². The van der Waals surface area contributed by atoms with Gasteiger partial charge in [-0.15, -0.1) is 0 Å². The van der Waals surface area contributed by atoms with E-state index in [2.05, 4.69) is 72.0 Å². The molecule has 0 aromatic carbocycles. The Kier molecular flexibility index (Phi) is 15.1. The summed E-state index contributed by atoms with van der Waals surface area (Å²) >= 11 is 1.52. The highest BCUT2D eigenvalue weighted by Crippen LogP contribution is 2.35. The van der Waals surface area contributed by atoms with Crippen molar-refractivity contribution in [2.75, 3.05) is 11.5 Å². The van der Waals surface area contributed by atoms with Crippen LogP contribution in [0.4, 0.5) is 4.79 Å². The number of rotatable bonds is 14. The van der Waals surface area contributed by atoms with Crippen molar-refractivity contribution in [2.24, 2.45) is 17.8 Å². The Balaban J connectivity index is 2.39. The van der Waals surface area contributed by atoms with Crippen LogP contribution >= 0.6 is 11.8 Å². The number of thioether (sulfide) groups is 1. The van der Waals surface area contributed by atoms with Crippen molar-refractivity contribution in [3.8, 4) is 0 Å². The third-order valence-electron chi connectivity index (χ3n) is 6.91. The van der Waals surface area contributed by atoms with Gasteiger partial charge < -0.3 is 15.2 Å². The number of allylic oxidation sites excluding steroid dienone is 5. The standard InChI is InChI=1S/C29H49NO4S/c1-20(2)10-8-11-22(5)12-9-13-23(6)16-17-35-19-26(28(31)32)30-29(33)34-27-18-25(21(3)4)15-14-24(27)7/h10,12,16,21,24-27H,8-9,11,13-15,17-19H2,1-7H3,(H,30,33)(H,31,32)/t24-,25?,26-,27?/m0/s1. The fraction of sp³-hybridized carbons (Fsp3) is 0.724. The number of carbonyl (C=O) groups is 2. The number of carboxylic acids is 1. The molecule has 2 N–H and O–H groups in total. The van der Waals surface area contributed by atoms with Crippen molar-refractivity contribution < 1.29 is 19.4 Å². The lowest BCUT2D eigenvalue weighted by Gasteiger charge is -2.35. The molecule has 2 unspecified atom stereocenters. The summed E-state index contributed by atoms with van der Waals surface area (Å²) in [5, 5.41) is 12.1. The van der Waals surface area contributed by atoms with Crippen molar-refractivity contribution in [3.63, 3.8) is 0 Å². The molecule has 4 atom stereocenters. The molecule has 0 aromatic rings. The van der Waals surface area contributed by atoms with Crippen LogP contribution in [-0.2, 0) is 9.53 Å². The lowest BCUT2D eigenvalue weighted by Crippen LogP contribution is -2.45. The molecule has 0 aliphatic heterocycles. The highest BCUT2D eigenvalue weighted by atomic mass is 32.2. The van der Waals surface area contributed by atoms with Gasteiger partial charge in [-0.25, -0.2) is 9.59 Å². The van der Waals surface area contributed by atoms with Crippen LogP contribution in [0.1, 0.15) is 93.4 Å². The number of carbonyl (C=O) groups excluding carboxylic acids is 1. The van der Waals surface area contributed by atoms with E-state index < -0.39 is 18.1 Å². The number of carboxylic acid groups (broad SMARTS) is 1. The summed E-state index contributed by atoms with van der Waals surface area (Å²) in [5.74, 6) is 1.42. The van der Waals surface area contributed by atoms with Crippen LogP contribution in [0.3, 0.4) is 0 Å². The molecular weight excluding hydrogens is 458 g/mol. The summed E-state index contributed by atoms with van der Waals surface area (Å²) < 4.78 is 5.67. The second-order valence-corrected chi connectivity index (χ2v) is 11.8. The Morgan fingerprint density at radius 2 is 1.66 bits per heavy atom. The minimum absolute atomic E-state index is 0.145. The summed E-state index contributed by atoms with van der Waals surface area (Å²) in [6, 6.07) is -0.951. The van der Waals surface area contributed by atoms with Gasteiger partial charge in [-0.2, -0.15) is 11.8 Å². The Labute approximate surface area is 218 Å². The fourth-order valence-corrected chi connectivity index (χ4v) is 5.30. The molecule has 0 spiro atoms. The monoisotopic (exact) mass is 507 g/mol. The summed E-state index contributed by atoms with van der Waals surface area (Å²) in [4.78, 5) is 24.1. The van der Waals surface area contributed by atoms with Crippen molar-refractivity contribution >= 4 is 23.8 Å². The maximum atomic E-state index is 12.4. The molecule has 1 saturated carbocycles. The molecular formula is C29H49NO4S. The predicted octanol–water partition coefficient (Wildman–Crippen LogP) is 7.78. The summed E-state index contributed by atoms with van der Waals surface area (Å²) in [6.07, 6.45) is 13.3. The second kappa shape index (κ2) is 16.9. The van der Waals surface area contributed by atoms with Crippen LogP contribution in [0.25, 0.3) is 0 Å². The van der Waals surface area contributed by atoms with Crippen LogP contribution in [0.2, 0.25) is 0 Å². The Hall–Kier alpha value is -1.69. The number of nitrogens with one attached hydrogen (secondary N) is 1. The SMILES string of the molecule is CC(C)=CCCC(C)=CCCC(C)=CCSC[C@H](NC(=O)OC1CC(C(C)C)CC[C@@H]1C)C(=O)O. The number of amides is 1. The van der Waals surface area contributed by atoms with Crippen molar-refractivity contribution in [2.45, 2.75) is 106 Å². The van der Waals surface area contributed by atoms with Gasteiger partial charge in [0.25, 0.3) is 0 Å². The second-order valence-electron chi connectivity index (χ2n) is 10.8. The number of ether oxygens (including phenoxy) is 1. The largest absolute Gasteiger partial charge is 0.480 e. The molecule has 0 heterocycles.